The molecule has 1 saturated heterocycles. The first-order chi connectivity index (χ1) is 5.71. The molecule has 0 aromatic carbocycles. The second-order valence-electron chi connectivity index (χ2n) is 4.02. The summed E-state index contributed by atoms with van der Waals surface area (Å²) in [5.74, 6) is 0. The summed E-state index contributed by atoms with van der Waals surface area (Å²) in [6.45, 7) is 1.66. The molecule has 2 aliphatic rings. The maximum atomic E-state index is 13.0. The molecule has 1 saturated carbocycles. The highest BCUT2D eigenvalue weighted by atomic mass is 32.1. The van der Waals surface area contributed by atoms with Crippen LogP contribution in [0.15, 0.2) is 0 Å². The average molecular weight is 189 g/mol. The highest BCUT2D eigenvalue weighted by molar-refractivity contribution is 7.81. The summed E-state index contributed by atoms with van der Waals surface area (Å²) in [6.07, 6.45) is 4.69. The van der Waals surface area contributed by atoms with E-state index < -0.39 is 6.17 Å². The topological polar surface area (TPSA) is 3.24 Å². The van der Waals surface area contributed by atoms with Gasteiger partial charge in [0.1, 0.15) is 6.17 Å². The van der Waals surface area contributed by atoms with Gasteiger partial charge in [0.2, 0.25) is 0 Å². The van der Waals surface area contributed by atoms with Crippen molar-refractivity contribution in [1.29, 1.82) is 0 Å². The van der Waals surface area contributed by atoms with Crippen LogP contribution in [0.2, 0.25) is 0 Å². The van der Waals surface area contributed by atoms with E-state index in [1.165, 1.54) is 6.42 Å². The Morgan fingerprint density at radius 1 is 1.33 bits per heavy atom. The number of rotatable bonds is 1. The Balaban J connectivity index is 1.94. The number of hydrogen-bond acceptors (Lipinski definition) is 2. The summed E-state index contributed by atoms with van der Waals surface area (Å²) in [6, 6.07) is 0. The minimum absolute atomic E-state index is 0.0603. The van der Waals surface area contributed by atoms with Crippen molar-refractivity contribution in [2.75, 3.05) is 13.1 Å². The van der Waals surface area contributed by atoms with Gasteiger partial charge in [-0.25, -0.2) is 4.39 Å². The first kappa shape index (κ1) is 8.82. The monoisotopic (exact) mass is 189 g/mol. The van der Waals surface area contributed by atoms with Gasteiger partial charge in [0.15, 0.2) is 0 Å². The average Bonchev–Trinajstić information content (AvgIpc) is 2.00. The summed E-state index contributed by atoms with van der Waals surface area (Å²) in [5, 5.41) is 0. The van der Waals surface area contributed by atoms with Crippen LogP contribution in [0.4, 0.5) is 4.39 Å². The smallest absolute Gasteiger partial charge is 0.113 e. The van der Waals surface area contributed by atoms with E-state index in [2.05, 4.69) is 17.5 Å². The number of thiol groups is 1. The minimum Gasteiger partial charge on any atom is -0.286 e. The van der Waals surface area contributed by atoms with Crippen LogP contribution in [0.1, 0.15) is 32.1 Å². The highest BCUT2D eigenvalue weighted by Crippen LogP contribution is 2.42. The Hall–Kier alpha value is 0.240. The summed E-state index contributed by atoms with van der Waals surface area (Å²) >= 11 is 4.62. The molecule has 12 heavy (non-hydrogen) atoms. The van der Waals surface area contributed by atoms with E-state index in [1.807, 2.05) is 0 Å². The fourth-order valence-electron chi connectivity index (χ4n) is 2.11. The molecule has 1 aliphatic heterocycles. The number of alkyl halides is 1. The van der Waals surface area contributed by atoms with Gasteiger partial charge in [-0.2, -0.15) is 12.6 Å². The van der Waals surface area contributed by atoms with Gasteiger partial charge in [-0.15, -0.1) is 0 Å². The van der Waals surface area contributed by atoms with Crippen molar-refractivity contribution in [3.63, 3.8) is 0 Å². The maximum Gasteiger partial charge on any atom is 0.113 e. The van der Waals surface area contributed by atoms with E-state index >= 15 is 0 Å². The molecule has 0 aromatic heterocycles. The van der Waals surface area contributed by atoms with Crippen LogP contribution in [0.3, 0.4) is 0 Å². The van der Waals surface area contributed by atoms with Crippen LogP contribution in [-0.4, -0.2) is 29.0 Å². The van der Waals surface area contributed by atoms with E-state index in [-0.39, 0.29) is 4.87 Å². The fraction of sp³-hybridized carbons (Fsp3) is 1.00. The summed E-state index contributed by atoms with van der Waals surface area (Å²) in [4.78, 5) is 2.29. The SMILES string of the molecule is F[C@@H]1CCCN(C2(S)CCC2)C1. The number of halogens is 1. The molecule has 0 N–H and O–H groups in total. The largest absolute Gasteiger partial charge is 0.286 e. The van der Waals surface area contributed by atoms with Gasteiger partial charge in [0.25, 0.3) is 0 Å². The molecular weight excluding hydrogens is 173 g/mol. The molecule has 70 valence electrons. The number of nitrogens with zero attached hydrogens (tertiary/aromatic N) is 1. The van der Waals surface area contributed by atoms with Gasteiger partial charge in [0.05, 0.1) is 4.87 Å². The van der Waals surface area contributed by atoms with E-state index in [9.17, 15) is 4.39 Å². The Morgan fingerprint density at radius 3 is 2.58 bits per heavy atom. The number of piperidine rings is 1. The van der Waals surface area contributed by atoms with Crippen molar-refractivity contribution in [1.82, 2.24) is 4.90 Å². The first-order valence-electron chi connectivity index (χ1n) is 4.82. The predicted octanol–water partition coefficient (Wildman–Crippen LogP) is 2.23. The normalized spacial score (nSPS) is 36.0. The molecule has 0 spiro atoms. The summed E-state index contributed by atoms with van der Waals surface area (Å²) < 4.78 is 13.0. The predicted molar refractivity (Wildman–Crippen MR) is 51.3 cm³/mol. The highest BCUT2D eigenvalue weighted by Gasteiger charge is 2.40. The van der Waals surface area contributed by atoms with Crippen LogP contribution in [0.5, 0.6) is 0 Å². The van der Waals surface area contributed by atoms with Gasteiger partial charge in [-0.3, -0.25) is 4.90 Å². The van der Waals surface area contributed by atoms with Crippen molar-refractivity contribution in [2.45, 2.75) is 43.1 Å². The Bertz CT molecular complexity index is 170. The van der Waals surface area contributed by atoms with Gasteiger partial charge in [-0.05, 0) is 38.6 Å². The van der Waals surface area contributed by atoms with Crippen LogP contribution in [-0.2, 0) is 0 Å². The molecule has 1 heterocycles. The zero-order chi connectivity index (χ0) is 8.60. The molecule has 0 bridgehead atoms. The zero-order valence-electron chi connectivity index (χ0n) is 7.30. The third-order valence-electron chi connectivity index (χ3n) is 3.11. The van der Waals surface area contributed by atoms with Crippen molar-refractivity contribution in [2.24, 2.45) is 0 Å². The van der Waals surface area contributed by atoms with Crippen molar-refractivity contribution >= 4 is 12.6 Å². The van der Waals surface area contributed by atoms with E-state index in [0.29, 0.717) is 6.54 Å². The minimum atomic E-state index is -0.608. The van der Waals surface area contributed by atoms with Gasteiger partial charge in [-0.1, -0.05) is 0 Å². The lowest BCUT2D eigenvalue weighted by atomic mass is 9.88. The Kier molecular flexibility index (Phi) is 2.34. The van der Waals surface area contributed by atoms with Gasteiger partial charge >= 0.3 is 0 Å². The summed E-state index contributed by atoms with van der Waals surface area (Å²) in [7, 11) is 0. The van der Waals surface area contributed by atoms with Crippen LogP contribution in [0.25, 0.3) is 0 Å². The maximum absolute atomic E-state index is 13.0. The van der Waals surface area contributed by atoms with Crippen LogP contribution in [0, 0.1) is 0 Å². The van der Waals surface area contributed by atoms with E-state index in [0.717, 1.165) is 32.2 Å². The molecule has 0 aromatic rings. The quantitative estimate of drug-likeness (QED) is 0.619. The zero-order valence-corrected chi connectivity index (χ0v) is 8.19. The molecule has 0 radical (unpaired) electrons. The fourth-order valence-corrected chi connectivity index (χ4v) is 2.61. The third-order valence-corrected chi connectivity index (χ3v) is 3.84. The van der Waals surface area contributed by atoms with Gasteiger partial charge < -0.3 is 0 Å². The number of hydrogen-bond donors (Lipinski definition) is 1. The van der Waals surface area contributed by atoms with Crippen molar-refractivity contribution in [3.8, 4) is 0 Å². The van der Waals surface area contributed by atoms with Crippen molar-refractivity contribution in [3.05, 3.63) is 0 Å². The second-order valence-corrected chi connectivity index (χ2v) is 4.85. The molecular formula is C9H16FNS. The first-order valence-corrected chi connectivity index (χ1v) is 5.27. The molecule has 3 heteroatoms. The van der Waals surface area contributed by atoms with E-state index in [1.54, 1.807) is 0 Å². The lowest BCUT2D eigenvalue weighted by molar-refractivity contribution is 0.0419. The molecule has 0 amide bonds. The summed E-state index contributed by atoms with van der Waals surface area (Å²) in [5.41, 5.74) is 0. The van der Waals surface area contributed by atoms with Crippen molar-refractivity contribution < 1.29 is 4.39 Å². The molecule has 1 aliphatic carbocycles. The Labute approximate surface area is 78.7 Å². The molecule has 2 fully saturated rings. The molecule has 2 rings (SSSR count). The second kappa shape index (κ2) is 3.18. The lowest BCUT2D eigenvalue weighted by Crippen LogP contribution is -2.53. The number of likely N-dealkylation sites (tertiary alicyclic amines) is 1. The van der Waals surface area contributed by atoms with E-state index in [4.69, 9.17) is 0 Å². The van der Waals surface area contributed by atoms with Gasteiger partial charge in [0, 0.05) is 6.54 Å². The Morgan fingerprint density at radius 2 is 2.08 bits per heavy atom. The molecule has 1 atom stereocenters. The van der Waals surface area contributed by atoms with Crippen LogP contribution < -0.4 is 0 Å². The lowest BCUT2D eigenvalue weighted by Gasteiger charge is -2.49. The third kappa shape index (κ3) is 1.49. The standard InChI is InChI=1S/C9H16FNS/c10-8-3-1-6-11(7-8)9(12)4-2-5-9/h8,12H,1-7H2/t8-/m1/s1. The molecule has 1 nitrogen and oxygen atoms in total. The molecule has 0 unspecified atom stereocenters. The van der Waals surface area contributed by atoms with Crippen LogP contribution >= 0.6 is 12.6 Å².